The average Bonchev–Trinajstić information content (AvgIpc) is 4.03. The van der Waals surface area contributed by atoms with Crippen molar-refractivity contribution in [2.45, 2.75) is 0 Å². The van der Waals surface area contributed by atoms with E-state index in [0.717, 1.165) is 99.1 Å². The molecular formula is C57H35N5O. The van der Waals surface area contributed by atoms with E-state index in [-0.39, 0.29) is 0 Å². The van der Waals surface area contributed by atoms with Gasteiger partial charge in [0, 0.05) is 43.6 Å². The van der Waals surface area contributed by atoms with Crippen LogP contribution in [0.25, 0.3) is 122 Å². The van der Waals surface area contributed by atoms with Crippen LogP contribution >= 0.6 is 0 Å². The lowest BCUT2D eigenvalue weighted by Crippen LogP contribution is -2.06. The van der Waals surface area contributed by atoms with Gasteiger partial charge in [-0.15, -0.1) is 0 Å². The van der Waals surface area contributed by atoms with Gasteiger partial charge in [0.25, 0.3) is 0 Å². The maximum Gasteiger partial charge on any atom is 0.238 e. The summed E-state index contributed by atoms with van der Waals surface area (Å²) in [6.07, 6.45) is 0. The van der Waals surface area contributed by atoms with Crippen molar-refractivity contribution in [3.05, 3.63) is 212 Å². The van der Waals surface area contributed by atoms with Crippen molar-refractivity contribution in [3.63, 3.8) is 0 Å². The highest BCUT2D eigenvalue weighted by atomic mass is 16.3. The van der Waals surface area contributed by atoms with E-state index in [0.29, 0.717) is 17.6 Å². The number of aromatic nitrogens is 5. The lowest BCUT2D eigenvalue weighted by atomic mass is 10.0. The van der Waals surface area contributed by atoms with Gasteiger partial charge in [0.1, 0.15) is 5.58 Å². The van der Waals surface area contributed by atoms with E-state index in [1.807, 2.05) is 6.07 Å². The minimum Gasteiger partial charge on any atom is -0.453 e. The van der Waals surface area contributed by atoms with Crippen LogP contribution in [0, 0.1) is 0 Å². The zero-order valence-corrected chi connectivity index (χ0v) is 33.9. The summed E-state index contributed by atoms with van der Waals surface area (Å²) in [5.74, 6) is 1.63. The molecule has 0 aliphatic heterocycles. The van der Waals surface area contributed by atoms with Crippen LogP contribution in [0.3, 0.4) is 0 Å². The maximum atomic E-state index is 7.22. The molecule has 13 rings (SSSR count). The summed E-state index contributed by atoms with van der Waals surface area (Å²) in [4.78, 5) is 15.9. The normalized spacial score (nSPS) is 11.8. The molecule has 294 valence electrons. The van der Waals surface area contributed by atoms with Crippen molar-refractivity contribution >= 4 is 65.6 Å². The fourth-order valence-electron chi connectivity index (χ4n) is 9.52. The first-order valence-corrected chi connectivity index (χ1v) is 21.2. The lowest BCUT2D eigenvalue weighted by molar-refractivity contribution is 0.671. The summed E-state index contributed by atoms with van der Waals surface area (Å²) < 4.78 is 11.7. The third kappa shape index (κ3) is 5.55. The Labute approximate surface area is 361 Å². The number of fused-ring (bicyclic) bond motifs is 10. The molecule has 0 saturated heterocycles. The van der Waals surface area contributed by atoms with Gasteiger partial charge >= 0.3 is 0 Å². The molecule has 0 fully saturated rings. The van der Waals surface area contributed by atoms with Crippen LogP contribution in [-0.4, -0.2) is 24.1 Å². The summed E-state index contributed by atoms with van der Waals surface area (Å²) in [5, 5.41) is 6.57. The second kappa shape index (κ2) is 14.0. The van der Waals surface area contributed by atoms with Crippen LogP contribution in [0.4, 0.5) is 0 Å². The Morgan fingerprint density at radius 2 is 0.810 bits per heavy atom. The van der Waals surface area contributed by atoms with Crippen LogP contribution < -0.4 is 0 Å². The highest BCUT2D eigenvalue weighted by Gasteiger charge is 2.23. The fraction of sp³-hybridized carbons (Fsp3) is 0. The minimum absolute atomic E-state index is 0.527. The lowest BCUT2D eigenvalue weighted by Gasteiger charge is -2.12. The number of para-hydroxylation sites is 4. The van der Waals surface area contributed by atoms with E-state index < -0.39 is 0 Å². The van der Waals surface area contributed by atoms with Crippen LogP contribution in [0.1, 0.15) is 0 Å². The first kappa shape index (κ1) is 35.2. The third-order valence-corrected chi connectivity index (χ3v) is 12.4. The van der Waals surface area contributed by atoms with Crippen LogP contribution in [0.2, 0.25) is 0 Å². The first-order valence-electron chi connectivity index (χ1n) is 21.2. The molecule has 6 heteroatoms. The number of furan rings is 1. The first-order chi connectivity index (χ1) is 31.2. The highest BCUT2D eigenvalue weighted by Crippen LogP contribution is 2.43. The van der Waals surface area contributed by atoms with Crippen LogP contribution in [0.5, 0.6) is 0 Å². The third-order valence-electron chi connectivity index (χ3n) is 12.4. The Morgan fingerprint density at radius 1 is 0.317 bits per heavy atom. The highest BCUT2D eigenvalue weighted by molar-refractivity contribution is 6.22. The molecule has 0 spiro atoms. The monoisotopic (exact) mass is 805 g/mol. The molecule has 9 aromatic carbocycles. The van der Waals surface area contributed by atoms with Crippen LogP contribution in [-0.2, 0) is 0 Å². The number of rotatable bonds is 6. The molecule has 63 heavy (non-hydrogen) atoms. The molecule has 0 bridgehead atoms. The van der Waals surface area contributed by atoms with Crippen molar-refractivity contribution in [3.8, 4) is 56.7 Å². The number of hydrogen-bond acceptors (Lipinski definition) is 4. The van der Waals surface area contributed by atoms with Gasteiger partial charge in [0.05, 0.1) is 27.6 Å². The summed E-state index contributed by atoms with van der Waals surface area (Å²) in [6.45, 7) is 0. The molecule has 4 heterocycles. The zero-order chi connectivity index (χ0) is 41.4. The largest absolute Gasteiger partial charge is 0.453 e. The van der Waals surface area contributed by atoms with E-state index in [1.165, 1.54) is 5.56 Å². The van der Waals surface area contributed by atoms with Gasteiger partial charge in [-0.25, -0.2) is 4.98 Å². The number of benzene rings is 9. The SMILES string of the molecule is c1ccc(-c2cccc(-c3nc(-c4cccc5c4oc4c5ccc5c6ccccc6n(-c6cccc(-c7ccccc7)c6)c54)nc(-n4c5ccccc5c5ccccc54)n3)c2)cc1. The van der Waals surface area contributed by atoms with Gasteiger partial charge < -0.3 is 8.98 Å². The summed E-state index contributed by atoms with van der Waals surface area (Å²) in [6, 6.07) is 74.3. The summed E-state index contributed by atoms with van der Waals surface area (Å²) >= 11 is 0. The van der Waals surface area contributed by atoms with Crippen molar-refractivity contribution in [1.29, 1.82) is 0 Å². The number of nitrogens with zero attached hydrogens (tertiary/aromatic N) is 5. The molecular weight excluding hydrogens is 771 g/mol. The molecule has 0 radical (unpaired) electrons. The molecule has 0 amide bonds. The molecule has 0 aliphatic carbocycles. The smallest absolute Gasteiger partial charge is 0.238 e. The summed E-state index contributed by atoms with van der Waals surface area (Å²) in [7, 11) is 0. The molecule has 4 aromatic heterocycles. The van der Waals surface area contributed by atoms with Gasteiger partial charge in [0.15, 0.2) is 17.2 Å². The van der Waals surface area contributed by atoms with Gasteiger partial charge in [-0.2, -0.15) is 9.97 Å². The van der Waals surface area contributed by atoms with Crippen LogP contribution in [0.15, 0.2) is 217 Å². The summed E-state index contributed by atoms with van der Waals surface area (Å²) in [5.41, 5.74) is 13.0. The van der Waals surface area contributed by atoms with E-state index in [1.54, 1.807) is 0 Å². The molecule has 0 unspecified atom stereocenters. The van der Waals surface area contributed by atoms with Gasteiger partial charge in [-0.3, -0.25) is 4.57 Å². The average molecular weight is 806 g/mol. The van der Waals surface area contributed by atoms with E-state index in [2.05, 4.69) is 215 Å². The predicted octanol–water partition coefficient (Wildman–Crippen LogP) is 14.6. The standard InChI is InChI=1S/C57H35N5O/c1-3-16-36(17-4-1)38-20-13-22-40(34-38)55-58-56(60-57(59-55)62-50-30-11-7-24-42(50)43-25-8-12-31-51(43)62)48-28-15-27-46-47-33-32-45-44-26-9-10-29-49(44)61(52(45)54(47)63-53(46)48)41-23-14-21-39(35-41)37-18-5-2-6-19-37/h1-35H. The minimum atomic E-state index is 0.527. The fourth-order valence-corrected chi connectivity index (χ4v) is 9.52. The molecule has 0 saturated carbocycles. The van der Waals surface area contributed by atoms with Crippen molar-refractivity contribution in [1.82, 2.24) is 24.1 Å². The Balaban J connectivity index is 1.07. The second-order valence-corrected chi connectivity index (χ2v) is 16.0. The topological polar surface area (TPSA) is 61.7 Å². The molecule has 6 nitrogen and oxygen atoms in total. The Morgan fingerprint density at radius 3 is 1.51 bits per heavy atom. The van der Waals surface area contributed by atoms with Gasteiger partial charge in [0.2, 0.25) is 5.95 Å². The molecule has 0 aliphatic rings. The molecule has 0 atom stereocenters. The van der Waals surface area contributed by atoms with Crippen molar-refractivity contribution < 1.29 is 4.42 Å². The Kier molecular flexibility index (Phi) is 7.80. The van der Waals surface area contributed by atoms with Crippen molar-refractivity contribution in [2.24, 2.45) is 0 Å². The van der Waals surface area contributed by atoms with E-state index in [4.69, 9.17) is 19.4 Å². The van der Waals surface area contributed by atoms with Gasteiger partial charge in [-0.1, -0.05) is 164 Å². The van der Waals surface area contributed by atoms with E-state index >= 15 is 0 Å². The Bertz CT molecular complexity index is 3860. The number of hydrogen-bond donors (Lipinski definition) is 0. The van der Waals surface area contributed by atoms with Gasteiger partial charge in [-0.05, 0) is 70.8 Å². The molecule has 0 N–H and O–H groups in total. The zero-order valence-electron chi connectivity index (χ0n) is 33.9. The predicted molar refractivity (Wildman–Crippen MR) is 258 cm³/mol. The maximum absolute atomic E-state index is 7.22. The quantitative estimate of drug-likeness (QED) is 0.168. The second-order valence-electron chi connectivity index (χ2n) is 16.0. The Hall–Kier alpha value is -8.61. The van der Waals surface area contributed by atoms with Crippen molar-refractivity contribution in [2.75, 3.05) is 0 Å². The van der Waals surface area contributed by atoms with E-state index in [9.17, 15) is 0 Å². The molecule has 13 aromatic rings.